The molecule has 106 valence electrons. The zero-order valence-electron chi connectivity index (χ0n) is 11.2. The Balaban J connectivity index is 1.68. The first kappa shape index (κ1) is 14.2. The molecule has 0 unspecified atom stereocenters. The van der Waals surface area contributed by atoms with E-state index in [2.05, 4.69) is 45.3 Å². The topological polar surface area (TPSA) is 43.8 Å². The Bertz CT molecular complexity index is 724. The number of thioether (sulfide) groups is 1. The number of nitrogen functional groups attached to an aromatic ring is 1. The molecule has 0 amide bonds. The van der Waals surface area contributed by atoms with Crippen molar-refractivity contribution in [3.63, 3.8) is 0 Å². The van der Waals surface area contributed by atoms with Crippen LogP contribution in [0.4, 0.5) is 5.69 Å². The van der Waals surface area contributed by atoms with Gasteiger partial charge in [0.25, 0.3) is 0 Å². The summed E-state index contributed by atoms with van der Waals surface area (Å²) in [5.41, 5.74) is 8.87. The van der Waals surface area contributed by atoms with Gasteiger partial charge in [0, 0.05) is 33.2 Å². The summed E-state index contributed by atoms with van der Waals surface area (Å²) >= 11 is 5.33. The Morgan fingerprint density at radius 2 is 1.95 bits per heavy atom. The number of anilines is 1. The predicted molar refractivity (Wildman–Crippen MR) is 91.7 cm³/mol. The van der Waals surface area contributed by atoms with Crippen molar-refractivity contribution >= 4 is 33.4 Å². The predicted octanol–water partition coefficient (Wildman–Crippen LogP) is 4.51. The quantitative estimate of drug-likeness (QED) is 0.550. The summed E-state index contributed by atoms with van der Waals surface area (Å²) in [6.45, 7) is 0. The van der Waals surface area contributed by atoms with Crippen LogP contribution in [0.15, 0.2) is 70.3 Å². The van der Waals surface area contributed by atoms with E-state index in [0.29, 0.717) is 0 Å². The molecular weight excluding hydrogens is 346 g/mol. The Morgan fingerprint density at radius 1 is 1.14 bits per heavy atom. The Morgan fingerprint density at radius 3 is 2.62 bits per heavy atom. The number of hydrogen-bond acceptors (Lipinski definition) is 3. The maximum atomic E-state index is 5.75. The van der Waals surface area contributed by atoms with Gasteiger partial charge in [0.05, 0.1) is 5.69 Å². The van der Waals surface area contributed by atoms with Gasteiger partial charge in [-0.2, -0.15) is 5.10 Å². The second-order valence-corrected chi connectivity index (χ2v) is 6.47. The molecule has 1 heterocycles. The summed E-state index contributed by atoms with van der Waals surface area (Å²) in [6.07, 6.45) is 3.72. The molecule has 0 fully saturated rings. The van der Waals surface area contributed by atoms with E-state index in [4.69, 9.17) is 5.73 Å². The Hall–Kier alpha value is -1.72. The van der Waals surface area contributed by atoms with Crippen molar-refractivity contribution in [2.24, 2.45) is 0 Å². The molecule has 0 saturated heterocycles. The number of benzene rings is 2. The third-order valence-electron chi connectivity index (χ3n) is 3.06. The summed E-state index contributed by atoms with van der Waals surface area (Å²) in [5, 5.41) is 4.22. The lowest BCUT2D eigenvalue weighted by Crippen LogP contribution is -1.94. The minimum absolute atomic E-state index is 0.773. The van der Waals surface area contributed by atoms with Crippen molar-refractivity contribution in [3.8, 4) is 5.69 Å². The standard InChI is InChI=1S/C16H14BrN3S/c17-15-10-13(18)4-7-16(15)21-11-12-2-5-14(6-3-12)20-9-1-8-19-20/h1-10H,11,18H2. The monoisotopic (exact) mass is 359 g/mol. The van der Waals surface area contributed by atoms with Crippen molar-refractivity contribution in [2.45, 2.75) is 10.6 Å². The minimum Gasteiger partial charge on any atom is -0.399 e. The van der Waals surface area contributed by atoms with Gasteiger partial charge in [-0.25, -0.2) is 4.68 Å². The number of rotatable bonds is 4. The van der Waals surface area contributed by atoms with E-state index >= 15 is 0 Å². The molecule has 21 heavy (non-hydrogen) atoms. The normalized spacial score (nSPS) is 10.7. The van der Waals surface area contributed by atoms with Crippen LogP contribution in [0.2, 0.25) is 0 Å². The number of halogens is 1. The van der Waals surface area contributed by atoms with Crippen LogP contribution in [0.25, 0.3) is 5.69 Å². The molecule has 0 aliphatic rings. The van der Waals surface area contributed by atoms with Gasteiger partial charge >= 0.3 is 0 Å². The molecule has 0 aliphatic heterocycles. The summed E-state index contributed by atoms with van der Waals surface area (Å²) in [4.78, 5) is 1.19. The van der Waals surface area contributed by atoms with E-state index in [-0.39, 0.29) is 0 Å². The Kier molecular flexibility index (Phi) is 4.31. The smallest absolute Gasteiger partial charge is 0.0645 e. The van der Waals surface area contributed by atoms with Gasteiger partial charge in [-0.15, -0.1) is 11.8 Å². The molecule has 2 aromatic carbocycles. The minimum atomic E-state index is 0.773. The molecule has 0 spiro atoms. The molecule has 5 heteroatoms. The third kappa shape index (κ3) is 3.49. The summed E-state index contributed by atoms with van der Waals surface area (Å²) < 4.78 is 2.90. The fraction of sp³-hybridized carbons (Fsp3) is 0.0625. The van der Waals surface area contributed by atoms with Gasteiger partial charge in [0.2, 0.25) is 0 Å². The lowest BCUT2D eigenvalue weighted by atomic mass is 10.2. The first-order chi connectivity index (χ1) is 10.2. The van der Waals surface area contributed by atoms with E-state index in [1.807, 2.05) is 35.1 Å². The van der Waals surface area contributed by atoms with Crippen molar-refractivity contribution in [2.75, 3.05) is 5.73 Å². The molecular formula is C16H14BrN3S. The highest BCUT2D eigenvalue weighted by molar-refractivity contribution is 9.10. The van der Waals surface area contributed by atoms with Gasteiger partial charge in [-0.3, -0.25) is 0 Å². The molecule has 3 aromatic rings. The van der Waals surface area contributed by atoms with Crippen LogP contribution in [0.3, 0.4) is 0 Å². The van der Waals surface area contributed by atoms with E-state index in [9.17, 15) is 0 Å². The fourth-order valence-electron chi connectivity index (χ4n) is 1.96. The van der Waals surface area contributed by atoms with Gasteiger partial charge in [-0.05, 0) is 57.9 Å². The first-order valence-electron chi connectivity index (χ1n) is 6.49. The molecule has 0 atom stereocenters. The van der Waals surface area contributed by atoms with Gasteiger partial charge < -0.3 is 5.73 Å². The maximum absolute atomic E-state index is 5.75. The van der Waals surface area contributed by atoms with Crippen molar-refractivity contribution in [3.05, 3.63) is 71.0 Å². The molecule has 3 nitrogen and oxygen atoms in total. The molecule has 0 radical (unpaired) electrons. The van der Waals surface area contributed by atoms with E-state index in [1.54, 1.807) is 18.0 Å². The second kappa shape index (κ2) is 6.37. The largest absolute Gasteiger partial charge is 0.399 e. The van der Waals surface area contributed by atoms with Crippen LogP contribution in [0.1, 0.15) is 5.56 Å². The Labute approximate surface area is 136 Å². The molecule has 3 rings (SSSR count). The van der Waals surface area contributed by atoms with Gasteiger partial charge in [0.1, 0.15) is 0 Å². The highest BCUT2D eigenvalue weighted by Gasteiger charge is 2.03. The van der Waals surface area contributed by atoms with Crippen molar-refractivity contribution in [1.29, 1.82) is 0 Å². The third-order valence-corrected chi connectivity index (χ3v) is 5.12. The van der Waals surface area contributed by atoms with Crippen LogP contribution in [-0.2, 0) is 5.75 Å². The number of hydrogen-bond donors (Lipinski definition) is 1. The van der Waals surface area contributed by atoms with E-state index in [1.165, 1.54) is 10.5 Å². The van der Waals surface area contributed by atoms with Crippen LogP contribution in [0, 0.1) is 0 Å². The van der Waals surface area contributed by atoms with Crippen molar-refractivity contribution in [1.82, 2.24) is 9.78 Å². The highest BCUT2D eigenvalue weighted by atomic mass is 79.9. The van der Waals surface area contributed by atoms with Crippen LogP contribution < -0.4 is 5.73 Å². The van der Waals surface area contributed by atoms with E-state index in [0.717, 1.165) is 21.6 Å². The maximum Gasteiger partial charge on any atom is 0.0645 e. The van der Waals surface area contributed by atoms with E-state index < -0.39 is 0 Å². The molecule has 0 saturated carbocycles. The molecule has 2 N–H and O–H groups in total. The summed E-state index contributed by atoms with van der Waals surface area (Å²) in [5.74, 6) is 0.919. The second-order valence-electron chi connectivity index (χ2n) is 4.60. The average molecular weight is 360 g/mol. The fourth-order valence-corrected chi connectivity index (χ4v) is 3.58. The molecule has 0 aliphatic carbocycles. The molecule has 1 aromatic heterocycles. The van der Waals surface area contributed by atoms with Gasteiger partial charge in [-0.1, -0.05) is 12.1 Å². The zero-order valence-corrected chi connectivity index (χ0v) is 13.6. The van der Waals surface area contributed by atoms with Crippen molar-refractivity contribution < 1.29 is 0 Å². The number of aromatic nitrogens is 2. The van der Waals surface area contributed by atoms with Crippen LogP contribution in [0.5, 0.6) is 0 Å². The van der Waals surface area contributed by atoms with Crippen LogP contribution in [-0.4, -0.2) is 9.78 Å². The SMILES string of the molecule is Nc1ccc(SCc2ccc(-n3cccn3)cc2)c(Br)c1. The first-order valence-corrected chi connectivity index (χ1v) is 8.27. The number of nitrogens with zero attached hydrogens (tertiary/aromatic N) is 2. The average Bonchev–Trinajstić information content (AvgIpc) is 3.01. The zero-order chi connectivity index (χ0) is 14.7. The van der Waals surface area contributed by atoms with Crippen LogP contribution >= 0.6 is 27.7 Å². The summed E-state index contributed by atoms with van der Waals surface area (Å²) in [7, 11) is 0. The highest BCUT2D eigenvalue weighted by Crippen LogP contribution is 2.31. The number of nitrogens with two attached hydrogens (primary N) is 1. The lowest BCUT2D eigenvalue weighted by Gasteiger charge is -2.07. The molecule has 0 bridgehead atoms. The van der Waals surface area contributed by atoms with Gasteiger partial charge in [0.15, 0.2) is 0 Å². The summed E-state index contributed by atoms with van der Waals surface area (Å²) in [6, 6.07) is 16.3. The lowest BCUT2D eigenvalue weighted by molar-refractivity contribution is 0.880.